The minimum atomic E-state index is -0.0372. The SMILES string of the molecule is C#CCOC1CCCCO1.CCCCCCCCCCC#CCOC1CCCCO1.CCCCCCCCCCI. The lowest BCUT2D eigenvalue weighted by Gasteiger charge is -2.21. The van der Waals surface area contributed by atoms with Gasteiger partial charge in [0.05, 0.1) is 0 Å². The summed E-state index contributed by atoms with van der Waals surface area (Å²) in [6, 6.07) is 0. The average molecular weight is 689 g/mol. The van der Waals surface area contributed by atoms with Crippen LogP contribution in [0.5, 0.6) is 0 Å². The first-order chi connectivity index (χ1) is 20.3. The molecule has 2 atom stereocenters. The van der Waals surface area contributed by atoms with Crippen molar-refractivity contribution in [3.63, 3.8) is 0 Å². The van der Waals surface area contributed by atoms with E-state index in [1.807, 2.05) is 0 Å². The lowest BCUT2D eigenvalue weighted by Crippen LogP contribution is -2.22. The summed E-state index contributed by atoms with van der Waals surface area (Å²) in [6.45, 7) is 7.09. The summed E-state index contributed by atoms with van der Waals surface area (Å²) in [5.74, 6) is 8.72. The Morgan fingerprint density at radius 1 is 0.610 bits per heavy atom. The lowest BCUT2D eigenvalue weighted by atomic mass is 10.1. The number of hydrogen-bond acceptors (Lipinski definition) is 4. The van der Waals surface area contributed by atoms with Crippen molar-refractivity contribution < 1.29 is 18.9 Å². The second kappa shape index (κ2) is 35.9. The van der Waals surface area contributed by atoms with Crippen LogP contribution in [-0.2, 0) is 18.9 Å². The van der Waals surface area contributed by atoms with Gasteiger partial charge in [0.25, 0.3) is 0 Å². The fourth-order valence-electron chi connectivity index (χ4n) is 4.68. The molecule has 240 valence electrons. The van der Waals surface area contributed by atoms with Crippen molar-refractivity contribution in [1.29, 1.82) is 0 Å². The van der Waals surface area contributed by atoms with Gasteiger partial charge in [0, 0.05) is 19.6 Å². The van der Waals surface area contributed by atoms with Crippen LogP contribution in [0.4, 0.5) is 0 Å². The van der Waals surface area contributed by atoms with E-state index in [9.17, 15) is 0 Å². The van der Waals surface area contributed by atoms with Crippen molar-refractivity contribution in [1.82, 2.24) is 0 Å². The van der Waals surface area contributed by atoms with Gasteiger partial charge in [0.2, 0.25) is 0 Å². The van der Waals surface area contributed by atoms with Gasteiger partial charge < -0.3 is 18.9 Å². The maximum Gasteiger partial charge on any atom is 0.158 e. The van der Waals surface area contributed by atoms with E-state index in [0.29, 0.717) is 13.2 Å². The summed E-state index contributed by atoms with van der Waals surface area (Å²) >= 11 is 2.46. The van der Waals surface area contributed by atoms with E-state index >= 15 is 0 Å². The highest BCUT2D eigenvalue weighted by molar-refractivity contribution is 14.1. The summed E-state index contributed by atoms with van der Waals surface area (Å²) in [6.07, 6.45) is 35.2. The van der Waals surface area contributed by atoms with Gasteiger partial charge in [-0.15, -0.1) is 12.3 Å². The topological polar surface area (TPSA) is 36.9 Å². The highest BCUT2D eigenvalue weighted by Gasteiger charge is 2.13. The van der Waals surface area contributed by atoms with Gasteiger partial charge in [-0.05, 0) is 55.8 Å². The molecule has 2 aliphatic heterocycles. The molecule has 2 fully saturated rings. The Morgan fingerprint density at radius 3 is 1.51 bits per heavy atom. The quantitative estimate of drug-likeness (QED) is 0.0552. The Labute approximate surface area is 269 Å². The molecule has 2 unspecified atom stereocenters. The van der Waals surface area contributed by atoms with E-state index in [1.54, 1.807) is 0 Å². The van der Waals surface area contributed by atoms with E-state index < -0.39 is 0 Å². The smallest absolute Gasteiger partial charge is 0.158 e. The minimum Gasteiger partial charge on any atom is -0.353 e. The third-order valence-electron chi connectivity index (χ3n) is 7.24. The average Bonchev–Trinajstić information content (AvgIpc) is 3.02. The summed E-state index contributed by atoms with van der Waals surface area (Å²) in [5, 5.41) is 0. The van der Waals surface area contributed by atoms with Crippen molar-refractivity contribution in [3.8, 4) is 24.2 Å². The maximum absolute atomic E-state index is 5.57. The monoisotopic (exact) mass is 688 g/mol. The Hall–Kier alpha value is -0.310. The third-order valence-corrected chi connectivity index (χ3v) is 8.00. The van der Waals surface area contributed by atoms with Crippen molar-refractivity contribution in [2.75, 3.05) is 30.9 Å². The first kappa shape index (κ1) is 40.7. The molecular weight excluding hydrogens is 623 g/mol. The second-order valence-corrected chi connectivity index (χ2v) is 12.2. The zero-order chi connectivity index (χ0) is 29.9. The Morgan fingerprint density at radius 2 is 1.07 bits per heavy atom. The highest BCUT2D eigenvalue weighted by Crippen LogP contribution is 2.14. The highest BCUT2D eigenvalue weighted by atomic mass is 127. The summed E-state index contributed by atoms with van der Waals surface area (Å²) in [4.78, 5) is 0. The summed E-state index contributed by atoms with van der Waals surface area (Å²) in [7, 11) is 0. The molecule has 41 heavy (non-hydrogen) atoms. The van der Waals surface area contributed by atoms with E-state index in [0.717, 1.165) is 38.9 Å². The minimum absolute atomic E-state index is 0.00108. The van der Waals surface area contributed by atoms with Crippen molar-refractivity contribution in [3.05, 3.63) is 0 Å². The Balaban J connectivity index is 0.000000643. The van der Waals surface area contributed by atoms with Crippen LogP contribution in [0.3, 0.4) is 0 Å². The van der Waals surface area contributed by atoms with Crippen LogP contribution >= 0.6 is 22.6 Å². The first-order valence-corrected chi connectivity index (χ1v) is 18.7. The Bertz CT molecular complexity index is 589. The maximum atomic E-state index is 5.57. The molecule has 0 aromatic carbocycles. The zero-order valence-electron chi connectivity index (χ0n) is 27.0. The predicted octanol–water partition coefficient (Wildman–Crippen LogP) is 10.8. The summed E-state index contributed by atoms with van der Waals surface area (Å²) < 4.78 is 22.8. The molecule has 0 saturated carbocycles. The van der Waals surface area contributed by atoms with Crippen LogP contribution in [-0.4, -0.2) is 43.4 Å². The molecule has 0 radical (unpaired) electrons. The van der Waals surface area contributed by atoms with Gasteiger partial charge in [-0.2, -0.15) is 0 Å². The van der Waals surface area contributed by atoms with E-state index in [2.05, 4.69) is 54.2 Å². The molecule has 0 aromatic rings. The van der Waals surface area contributed by atoms with Gasteiger partial charge in [-0.3, -0.25) is 0 Å². The molecule has 2 aliphatic rings. The number of terminal acetylenes is 1. The van der Waals surface area contributed by atoms with E-state index in [1.165, 1.54) is 126 Å². The number of rotatable bonds is 20. The van der Waals surface area contributed by atoms with Crippen LogP contribution in [0.15, 0.2) is 0 Å². The molecule has 4 nitrogen and oxygen atoms in total. The number of hydrogen-bond donors (Lipinski definition) is 0. The molecule has 0 bridgehead atoms. The summed E-state index contributed by atoms with van der Waals surface area (Å²) in [5.41, 5.74) is 0. The molecule has 0 N–H and O–H groups in total. The zero-order valence-corrected chi connectivity index (χ0v) is 29.2. The largest absolute Gasteiger partial charge is 0.353 e. The molecule has 0 aliphatic carbocycles. The molecule has 5 heteroatoms. The van der Waals surface area contributed by atoms with Crippen LogP contribution in [0.2, 0.25) is 0 Å². The third kappa shape index (κ3) is 32.4. The van der Waals surface area contributed by atoms with Gasteiger partial charge in [-0.1, -0.05) is 138 Å². The van der Waals surface area contributed by atoms with Gasteiger partial charge in [0.1, 0.15) is 13.2 Å². The predicted molar refractivity (Wildman–Crippen MR) is 184 cm³/mol. The standard InChI is InChI=1S/C18H32O2.C10H21I.C8H12O2/c1-2-3-4-5-6-7-8-9-10-11-13-16-19-18-15-12-14-17-20-18;1-2-3-4-5-6-7-8-9-10-11;1-2-6-9-8-5-3-4-7-10-8/h18H,2-10,12,14-17H2,1H3;2-10H2,1H3;1,8H,3-7H2. The van der Waals surface area contributed by atoms with Crippen LogP contribution < -0.4 is 0 Å². The normalized spacial score (nSPS) is 18.1. The van der Waals surface area contributed by atoms with Crippen molar-refractivity contribution >= 4 is 22.6 Å². The van der Waals surface area contributed by atoms with E-state index in [-0.39, 0.29) is 12.6 Å². The molecular formula is C36H65IO4. The van der Waals surface area contributed by atoms with Crippen molar-refractivity contribution in [2.45, 2.75) is 174 Å². The fourth-order valence-corrected chi connectivity index (χ4v) is 5.22. The molecule has 0 aromatic heterocycles. The first-order valence-electron chi connectivity index (χ1n) is 17.2. The molecule has 2 saturated heterocycles. The number of ether oxygens (including phenoxy) is 4. The lowest BCUT2D eigenvalue weighted by molar-refractivity contribution is -0.154. The second-order valence-electron chi connectivity index (χ2n) is 11.2. The van der Waals surface area contributed by atoms with Gasteiger partial charge in [-0.25, -0.2) is 0 Å². The van der Waals surface area contributed by atoms with Crippen LogP contribution in [0, 0.1) is 24.2 Å². The fraction of sp³-hybridized carbons (Fsp3) is 0.889. The van der Waals surface area contributed by atoms with E-state index in [4.69, 9.17) is 25.4 Å². The molecule has 2 heterocycles. The Kier molecular flexibility index (Phi) is 35.6. The van der Waals surface area contributed by atoms with Gasteiger partial charge in [0.15, 0.2) is 12.6 Å². The number of alkyl halides is 1. The molecule has 0 amide bonds. The molecule has 2 rings (SSSR count). The van der Waals surface area contributed by atoms with Crippen LogP contribution in [0.1, 0.15) is 162 Å². The molecule has 0 spiro atoms. The van der Waals surface area contributed by atoms with Gasteiger partial charge >= 0.3 is 0 Å². The van der Waals surface area contributed by atoms with Crippen LogP contribution in [0.25, 0.3) is 0 Å². The van der Waals surface area contributed by atoms with Crippen molar-refractivity contribution in [2.24, 2.45) is 0 Å². The number of unbranched alkanes of at least 4 members (excludes halogenated alkanes) is 15. The number of halogens is 1.